The van der Waals surface area contributed by atoms with Gasteiger partial charge in [0, 0.05) is 4.88 Å². The molecule has 92 valence electrons. The zero-order valence-electron chi connectivity index (χ0n) is 9.77. The van der Waals surface area contributed by atoms with Crippen molar-refractivity contribution < 1.29 is 13.5 Å². The second kappa shape index (κ2) is 5.08. The van der Waals surface area contributed by atoms with Crippen molar-refractivity contribution in [3.05, 3.63) is 10.4 Å². The van der Waals surface area contributed by atoms with E-state index in [-0.39, 0.29) is 6.61 Å². The van der Waals surface area contributed by atoms with Gasteiger partial charge in [-0.1, -0.05) is 0 Å². The summed E-state index contributed by atoms with van der Waals surface area (Å²) in [7, 11) is -3.26. The van der Waals surface area contributed by atoms with Crippen molar-refractivity contribution in [1.29, 1.82) is 0 Å². The molecule has 0 aliphatic heterocycles. The molecule has 1 aromatic rings. The number of hydrogen-bond acceptors (Lipinski definition) is 5. The minimum atomic E-state index is -3.26. The molecule has 0 atom stereocenters. The fourth-order valence-electron chi connectivity index (χ4n) is 1.36. The Labute approximate surface area is 105 Å². The third-order valence-corrected chi connectivity index (χ3v) is 7.37. The monoisotopic (exact) mass is 280 g/mol. The van der Waals surface area contributed by atoms with Crippen LogP contribution in [0.1, 0.15) is 24.3 Å². The van der Waals surface area contributed by atoms with E-state index < -0.39 is 15.1 Å². The zero-order chi connectivity index (χ0) is 12.5. The molecule has 1 N–H and O–H groups in total. The Hall–Kier alpha value is -0.0400. The zero-order valence-corrected chi connectivity index (χ0v) is 12.2. The maximum atomic E-state index is 12.2. The first-order chi connectivity index (χ1) is 7.36. The molecule has 6 heteroatoms. The minimum Gasteiger partial charge on any atom is -0.391 e. The second-order valence-electron chi connectivity index (χ2n) is 3.72. The van der Waals surface area contributed by atoms with E-state index in [1.54, 1.807) is 20.8 Å². The standard InChI is InChI=1S/C10H16O3S3/c1-6(2)16(12,13)9-7(3)8(5-11)15-10(9)14-4/h6,11H,5H2,1-4H3. The van der Waals surface area contributed by atoms with Crippen LogP contribution in [0, 0.1) is 6.92 Å². The van der Waals surface area contributed by atoms with E-state index in [1.165, 1.54) is 23.1 Å². The summed E-state index contributed by atoms with van der Waals surface area (Å²) in [6.07, 6.45) is 1.85. The molecule has 0 saturated heterocycles. The number of rotatable bonds is 4. The molecule has 0 saturated carbocycles. The second-order valence-corrected chi connectivity index (χ2v) is 8.34. The van der Waals surface area contributed by atoms with Gasteiger partial charge in [-0.25, -0.2) is 8.42 Å². The van der Waals surface area contributed by atoms with Gasteiger partial charge in [0.25, 0.3) is 0 Å². The predicted molar refractivity (Wildman–Crippen MR) is 69.1 cm³/mol. The van der Waals surface area contributed by atoms with Crippen LogP contribution < -0.4 is 0 Å². The molecular formula is C10H16O3S3. The quantitative estimate of drug-likeness (QED) is 0.861. The topological polar surface area (TPSA) is 54.4 Å². The Morgan fingerprint density at radius 3 is 2.38 bits per heavy atom. The van der Waals surface area contributed by atoms with E-state index in [0.29, 0.717) is 10.5 Å². The number of thiophene rings is 1. The molecule has 0 unspecified atom stereocenters. The Morgan fingerprint density at radius 2 is 2.00 bits per heavy atom. The number of thioether (sulfide) groups is 1. The van der Waals surface area contributed by atoms with Crippen LogP contribution in [-0.2, 0) is 16.4 Å². The van der Waals surface area contributed by atoms with Gasteiger partial charge in [0.05, 0.1) is 21.0 Å². The molecule has 0 amide bonds. The van der Waals surface area contributed by atoms with Crippen LogP contribution in [0.5, 0.6) is 0 Å². The molecule has 0 spiro atoms. The highest BCUT2D eigenvalue weighted by molar-refractivity contribution is 8.01. The molecule has 1 aromatic heterocycles. The Bertz CT molecular complexity index is 472. The maximum Gasteiger partial charge on any atom is 0.182 e. The molecule has 0 radical (unpaired) electrons. The molecule has 0 aromatic carbocycles. The average molecular weight is 280 g/mol. The first-order valence-electron chi connectivity index (χ1n) is 4.87. The summed E-state index contributed by atoms with van der Waals surface area (Å²) in [6, 6.07) is 0. The molecule has 1 heterocycles. The molecule has 0 fully saturated rings. The minimum absolute atomic E-state index is 0.0995. The SMILES string of the molecule is CSc1sc(CO)c(C)c1S(=O)(=O)C(C)C. The summed E-state index contributed by atoms with van der Waals surface area (Å²) < 4.78 is 25.1. The van der Waals surface area contributed by atoms with Gasteiger partial charge in [0.1, 0.15) is 0 Å². The lowest BCUT2D eigenvalue weighted by Gasteiger charge is -2.09. The van der Waals surface area contributed by atoms with Crippen molar-refractivity contribution in [2.24, 2.45) is 0 Å². The first kappa shape index (κ1) is 14.0. The predicted octanol–water partition coefficient (Wildman–Crippen LogP) is 2.45. The number of aliphatic hydroxyl groups excluding tert-OH is 1. The third kappa shape index (κ3) is 2.30. The van der Waals surface area contributed by atoms with Crippen LogP contribution in [-0.4, -0.2) is 25.0 Å². The molecule has 16 heavy (non-hydrogen) atoms. The van der Waals surface area contributed by atoms with E-state index in [1.807, 2.05) is 6.26 Å². The smallest absolute Gasteiger partial charge is 0.182 e. The van der Waals surface area contributed by atoms with Gasteiger partial charge in [0.15, 0.2) is 9.84 Å². The summed E-state index contributed by atoms with van der Waals surface area (Å²) >= 11 is 2.78. The van der Waals surface area contributed by atoms with Crippen LogP contribution in [0.3, 0.4) is 0 Å². The Balaban J connectivity index is 3.49. The van der Waals surface area contributed by atoms with Gasteiger partial charge >= 0.3 is 0 Å². The third-order valence-electron chi connectivity index (χ3n) is 2.39. The Morgan fingerprint density at radius 1 is 1.44 bits per heavy atom. The van der Waals surface area contributed by atoms with Crippen LogP contribution >= 0.6 is 23.1 Å². The maximum absolute atomic E-state index is 12.2. The number of sulfone groups is 1. The summed E-state index contributed by atoms with van der Waals surface area (Å²) in [5.74, 6) is 0. The van der Waals surface area contributed by atoms with Crippen molar-refractivity contribution in [2.75, 3.05) is 6.26 Å². The summed E-state index contributed by atoms with van der Waals surface area (Å²) in [5.41, 5.74) is 0.700. The summed E-state index contributed by atoms with van der Waals surface area (Å²) in [6.45, 7) is 5.01. The lowest BCUT2D eigenvalue weighted by molar-refractivity contribution is 0.284. The normalized spacial score (nSPS) is 12.4. The van der Waals surface area contributed by atoms with Gasteiger partial charge < -0.3 is 5.11 Å². The molecular weight excluding hydrogens is 264 g/mol. The molecule has 0 aliphatic carbocycles. The highest BCUT2D eigenvalue weighted by Crippen LogP contribution is 2.39. The van der Waals surface area contributed by atoms with Crippen LogP contribution in [0.2, 0.25) is 0 Å². The fraction of sp³-hybridized carbons (Fsp3) is 0.600. The lowest BCUT2D eigenvalue weighted by Crippen LogP contribution is -2.15. The van der Waals surface area contributed by atoms with Crippen LogP contribution in [0.25, 0.3) is 0 Å². The lowest BCUT2D eigenvalue weighted by atomic mass is 10.3. The van der Waals surface area contributed by atoms with Crippen molar-refractivity contribution in [2.45, 2.75) is 41.7 Å². The van der Waals surface area contributed by atoms with E-state index in [9.17, 15) is 8.42 Å². The molecule has 0 aliphatic rings. The summed E-state index contributed by atoms with van der Waals surface area (Å²) in [4.78, 5) is 1.15. The van der Waals surface area contributed by atoms with Crippen molar-refractivity contribution >= 4 is 32.9 Å². The van der Waals surface area contributed by atoms with Crippen LogP contribution in [0.15, 0.2) is 9.10 Å². The largest absolute Gasteiger partial charge is 0.391 e. The van der Waals surface area contributed by atoms with Gasteiger partial charge in [-0.3, -0.25) is 0 Å². The van der Waals surface area contributed by atoms with Crippen molar-refractivity contribution in [1.82, 2.24) is 0 Å². The van der Waals surface area contributed by atoms with Gasteiger partial charge in [0.2, 0.25) is 0 Å². The molecule has 0 bridgehead atoms. The van der Waals surface area contributed by atoms with Crippen LogP contribution in [0.4, 0.5) is 0 Å². The number of aliphatic hydroxyl groups is 1. The van der Waals surface area contributed by atoms with E-state index in [4.69, 9.17) is 5.11 Å². The molecule has 3 nitrogen and oxygen atoms in total. The van der Waals surface area contributed by atoms with Gasteiger partial charge in [-0.15, -0.1) is 23.1 Å². The Kier molecular flexibility index (Phi) is 4.45. The summed E-state index contributed by atoms with van der Waals surface area (Å²) in [5, 5.41) is 8.73. The van der Waals surface area contributed by atoms with E-state index in [2.05, 4.69) is 0 Å². The highest BCUT2D eigenvalue weighted by atomic mass is 32.2. The average Bonchev–Trinajstić information content (AvgIpc) is 2.54. The van der Waals surface area contributed by atoms with Crippen molar-refractivity contribution in [3.63, 3.8) is 0 Å². The van der Waals surface area contributed by atoms with E-state index >= 15 is 0 Å². The van der Waals surface area contributed by atoms with Crippen molar-refractivity contribution in [3.8, 4) is 0 Å². The number of hydrogen-bond donors (Lipinski definition) is 1. The highest BCUT2D eigenvalue weighted by Gasteiger charge is 2.28. The molecule has 1 rings (SSSR count). The van der Waals surface area contributed by atoms with Gasteiger partial charge in [-0.05, 0) is 32.6 Å². The van der Waals surface area contributed by atoms with Gasteiger partial charge in [-0.2, -0.15) is 0 Å². The van der Waals surface area contributed by atoms with E-state index in [0.717, 1.165) is 9.09 Å². The fourth-order valence-corrected chi connectivity index (χ4v) is 5.52. The first-order valence-corrected chi connectivity index (χ1v) is 8.46.